The lowest BCUT2D eigenvalue weighted by Gasteiger charge is -2.25. The first kappa shape index (κ1) is 12.6. The van der Waals surface area contributed by atoms with Crippen molar-refractivity contribution in [3.63, 3.8) is 0 Å². The molecular formula is C13H20N4O2. The standard InChI is InChI=1S/C13H20N4O2/c18-13-5-1-2-7-17-12(8-14-15-17)10-19-9-11-4-3-6-16(11)13/h8,11H,1-7,9-10H2. The topological polar surface area (TPSA) is 60.3 Å². The van der Waals surface area contributed by atoms with Crippen molar-refractivity contribution in [1.82, 2.24) is 19.9 Å². The Hall–Kier alpha value is -1.43. The van der Waals surface area contributed by atoms with Gasteiger partial charge in [0.2, 0.25) is 5.91 Å². The molecule has 1 aromatic rings. The molecule has 19 heavy (non-hydrogen) atoms. The van der Waals surface area contributed by atoms with Gasteiger partial charge < -0.3 is 9.64 Å². The lowest BCUT2D eigenvalue weighted by molar-refractivity contribution is -0.133. The molecule has 0 N–H and O–H groups in total. The van der Waals surface area contributed by atoms with Crippen LogP contribution in [0.1, 0.15) is 37.8 Å². The monoisotopic (exact) mass is 264 g/mol. The SMILES string of the molecule is O=C1CCCCn2nncc2COCC2CCCN12. The Labute approximate surface area is 112 Å². The van der Waals surface area contributed by atoms with Gasteiger partial charge in [-0.15, -0.1) is 5.10 Å². The van der Waals surface area contributed by atoms with Crippen molar-refractivity contribution in [2.75, 3.05) is 13.2 Å². The van der Waals surface area contributed by atoms with E-state index in [-0.39, 0.29) is 11.9 Å². The van der Waals surface area contributed by atoms with Crippen molar-refractivity contribution >= 4 is 5.91 Å². The zero-order valence-corrected chi connectivity index (χ0v) is 11.1. The van der Waals surface area contributed by atoms with Gasteiger partial charge in [-0.05, 0) is 25.7 Å². The van der Waals surface area contributed by atoms with Gasteiger partial charge in [-0.3, -0.25) is 4.79 Å². The van der Waals surface area contributed by atoms with Gasteiger partial charge in [0.15, 0.2) is 0 Å². The van der Waals surface area contributed by atoms with Crippen molar-refractivity contribution in [2.45, 2.75) is 51.3 Å². The van der Waals surface area contributed by atoms with Gasteiger partial charge >= 0.3 is 0 Å². The van der Waals surface area contributed by atoms with Crippen molar-refractivity contribution in [1.29, 1.82) is 0 Å². The van der Waals surface area contributed by atoms with Crippen molar-refractivity contribution in [2.24, 2.45) is 0 Å². The molecule has 3 heterocycles. The minimum absolute atomic E-state index is 0.260. The van der Waals surface area contributed by atoms with E-state index in [1.807, 2.05) is 9.58 Å². The predicted octanol–water partition coefficient (Wildman–Crippen LogP) is 0.970. The summed E-state index contributed by atoms with van der Waals surface area (Å²) >= 11 is 0. The molecule has 0 radical (unpaired) electrons. The summed E-state index contributed by atoms with van der Waals surface area (Å²) in [7, 11) is 0. The lowest BCUT2D eigenvalue weighted by atomic mass is 10.2. The molecule has 1 saturated heterocycles. The Morgan fingerprint density at radius 2 is 2.21 bits per heavy atom. The van der Waals surface area contributed by atoms with E-state index in [1.54, 1.807) is 6.20 Å². The highest BCUT2D eigenvalue weighted by Crippen LogP contribution is 2.20. The van der Waals surface area contributed by atoms with Crippen LogP contribution in [-0.4, -0.2) is 45.0 Å². The lowest BCUT2D eigenvalue weighted by Crippen LogP contribution is -2.38. The van der Waals surface area contributed by atoms with Gasteiger partial charge in [0.1, 0.15) is 0 Å². The first-order valence-electron chi connectivity index (χ1n) is 7.09. The van der Waals surface area contributed by atoms with E-state index in [0.29, 0.717) is 19.6 Å². The molecule has 1 atom stereocenters. The fourth-order valence-electron chi connectivity index (χ4n) is 2.90. The van der Waals surface area contributed by atoms with Crippen molar-refractivity contribution in [3.05, 3.63) is 11.9 Å². The summed E-state index contributed by atoms with van der Waals surface area (Å²) in [6, 6.07) is 0.260. The highest BCUT2D eigenvalue weighted by atomic mass is 16.5. The molecule has 0 spiro atoms. The molecule has 6 nitrogen and oxygen atoms in total. The molecule has 1 unspecified atom stereocenters. The molecule has 2 aliphatic heterocycles. The third kappa shape index (κ3) is 2.78. The van der Waals surface area contributed by atoms with Gasteiger partial charge in [0, 0.05) is 19.5 Å². The Balaban J connectivity index is 1.70. The molecule has 0 saturated carbocycles. The number of amides is 1. The number of aromatic nitrogens is 3. The third-order valence-corrected chi connectivity index (χ3v) is 3.97. The van der Waals surface area contributed by atoms with Gasteiger partial charge in [-0.25, -0.2) is 4.68 Å². The Bertz CT molecular complexity index is 446. The molecule has 3 rings (SSSR count). The summed E-state index contributed by atoms with van der Waals surface area (Å²) in [4.78, 5) is 14.2. The van der Waals surface area contributed by atoms with Crippen LogP contribution in [0.4, 0.5) is 0 Å². The maximum atomic E-state index is 12.1. The average Bonchev–Trinajstić information content (AvgIpc) is 3.02. The number of nitrogens with zero attached hydrogens (tertiary/aromatic N) is 4. The molecular weight excluding hydrogens is 244 g/mol. The molecule has 1 fully saturated rings. The van der Waals surface area contributed by atoms with Crippen LogP contribution in [0.2, 0.25) is 0 Å². The summed E-state index contributed by atoms with van der Waals surface area (Å²) < 4.78 is 7.65. The number of fused-ring (bicyclic) bond motifs is 2. The van der Waals surface area contributed by atoms with E-state index in [4.69, 9.17) is 4.74 Å². The van der Waals surface area contributed by atoms with Crippen LogP contribution in [0.15, 0.2) is 6.20 Å². The zero-order valence-electron chi connectivity index (χ0n) is 11.1. The summed E-state index contributed by atoms with van der Waals surface area (Å²) in [6.45, 7) is 2.87. The average molecular weight is 264 g/mol. The maximum absolute atomic E-state index is 12.1. The van der Waals surface area contributed by atoms with Crippen molar-refractivity contribution in [3.8, 4) is 0 Å². The van der Waals surface area contributed by atoms with Crippen LogP contribution in [-0.2, 0) is 22.7 Å². The number of carbonyl (C=O) groups excluding carboxylic acids is 1. The maximum Gasteiger partial charge on any atom is 0.222 e. The van der Waals surface area contributed by atoms with Gasteiger partial charge in [-0.2, -0.15) is 0 Å². The number of ether oxygens (including phenoxy) is 1. The van der Waals surface area contributed by atoms with Crippen LogP contribution < -0.4 is 0 Å². The quantitative estimate of drug-likeness (QED) is 0.700. The number of hydrogen-bond donors (Lipinski definition) is 0. The summed E-state index contributed by atoms with van der Waals surface area (Å²) in [5.74, 6) is 0.283. The molecule has 1 aromatic heterocycles. The van der Waals surface area contributed by atoms with Gasteiger partial charge in [0.25, 0.3) is 0 Å². The normalized spacial score (nSPS) is 25.4. The largest absolute Gasteiger partial charge is 0.373 e. The van der Waals surface area contributed by atoms with Crippen LogP contribution >= 0.6 is 0 Å². The smallest absolute Gasteiger partial charge is 0.222 e. The minimum Gasteiger partial charge on any atom is -0.373 e. The highest BCUT2D eigenvalue weighted by Gasteiger charge is 2.28. The van der Waals surface area contributed by atoms with E-state index in [0.717, 1.165) is 44.5 Å². The number of hydrogen-bond acceptors (Lipinski definition) is 4. The van der Waals surface area contributed by atoms with Gasteiger partial charge in [0.05, 0.1) is 31.1 Å². The number of aryl methyl sites for hydroxylation is 1. The third-order valence-electron chi connectivity index (χ3n) is 3.97. The summed E-state index contributed by atoms with van der Waals surface area (Å²) in [5.41, 5.74) is 1.02. The molecule has 0 aromatic carbocycles. The summed E-state index contributed by atoms with van der Waals surface area (Å²) in [5, 5.41) is 7.99. The molecule has 6 heteroatoms. The first-order chi connectivity index (χ1) is 9.34. The molecule has 0 aliphatic carbocycles. The second-order valence-corrected chi connectivity index (χ2v) is 5.30. The van der Waals surface area contributed by atoms with E-state index < -0.39 is 0 Å². The Kier molecular flexibility index (Phi) is 3.77. The highest BCUT2D eigenvalue weighted by molar-refractivity contribution is 5.76. The molecule has 104 valence electrons. The van der Waals surface area contributed by atoms with Gasteiger partial charge in [-0.1, -0.05) is 5.21 Å². The Morgan fingerprint density at radius 3 is 3.16 bits per heavy atom. The first-order valence-corrected chi connectivity index (χ1v) is 7.09. The fourth-order valence-corrected chi connectivity index (χ4v) is 2.90. The predicted molar refractivity (Wildman–Crippen MR) is 68.3 cm³/mol. The summed E-state index contributed by atoms with van der Waals surface area (Å²) in [6.07, 6.45) is 6.44. The minimum atomic E-state index is 0.260. The van der Waals surface area contributed by atoms with Crippen LogP contribution in [0.25, 0.3) is 0 Å². The molecule has 0 bridgehead atoms. The van der Waals surface area contributed by atoms with E-state index in [2.05, 4.69) is 10.3 Å². The van der Waals surface area contributed by atoms with Crippen LogP contribution in [0, 0.1) is 0 Å². The molecule has 1 amide bonds. The van der Waals surface area contributed by atoms with E-state index >= 15 is 0 Å². The zero-order chi connectivity index (χ0) is 13.1. The number of carbonyl (C=O) groups is 1. The van der Waals surface area contributed by atoms with E-state index in [1.165, 1.54) is 0 Å². The van der Waals surface area contributed by atoms with Crippen LogP contribution in [0.3, 0.4) is 0 Å². The second kappa shape index (κ2) is 5.69. The number of rotatable bonds is 0. The van der Waals surface area contributed by atoms with Crippen LogP contribution in [0.5, 0.6) is 0 Å². The molecule has 2 aliphatic rings. The van der Waals surface area contributed by atoms with Crippen molar-refractivity contribution < 1.29 is 9.53 Å². The fraction of sp³-hybridized carbons (Fsp3) is 0.769. The Morgan fingerprint density at radius 1 is 1.26 bits per heavy atom. The van der Waals surface area contributed by atoms with E-state index in [9.17, 15) is 4.79 Å². The second-order valence-electron chi connectivity index (χ2n) is 5.30.